The molecule has 7 nitrogen and oxygen atoms in total. The maximum absolute atomic E-state index is 5.78. The predicted octanol–water partition coefficient (Wildman–Crippen LogP) is 2.16. The number of hydrogen-bond acceptors (Lipinski definition) is 5. The van der Waals surface area contributed by atoms with Crippen molar-refractivity contribution in [3.63, 3.8) is 0 Å². The van der Waals surface area contributed by atoms with Crippen molar-refractivity contribution in [1.29, 1.82) is 0 Å². The Hall–Kier alpha value is -2.38. The third kappa shape index (κ3) is 3.00. The maximum atomic E-state index is 5.78. The van der Waals surface area contributed by atoms with Crippen LogP contribution < -0.4 is 4.74 Å². The van der Waals surface area contributed by atoms with E-state index in [1.54, 1.807) is 0 Å². The van der Waals surface area contributed by atoms with E-state index in [2.05, 4.69) is 15.3 Å². The van der Waals surface area contributed by atoms with E-state index in [4.69, 9.17) is 14.2 Å². The van der Waals surface area contributed by atoms with Gasteiger partial charge in [-0.25, -0.2) is 0 Å². The zero-order valence-electron chi connectivity index (χ0n) is 13.6. The van der Waals surface area contributed by atoms with Crippen molar-refractivity contribution in [2.24, 2.45) is 0 Å². The van der Waals surface area contributed by atoms with Gasteiger partial charge in [-0.05, 0) is 25.1 Å². The van der Waals surface area contributed by atoms with Crippen LogP contribution >= 0.6 is 0 Å². The van der Waals surface area contributed by atoms with Gasteiger partial charge in [0.15, 0.2) is 0 Å². The van der Waals surface area contributed by atoms with E-state index in [0.717, 1.165) is 33.6 Å². The number of hydrogen-bond donors (Lipinski definition) is 1. The smallest absolute Gasteiger partial charge is 0.120 e. The number of H-pyrrole nitrogens is 1. The Morgan fingerprint density at radius 1 is 1.08 bits per heavy atom. The fraction of sp³-hybridized carbons (Fsp3) is 0.412. The third-order valence-electron chi connectivity index (χ3n) is 4.07. The van der Waals surface area contributed by atoms with Gasteiger partial charge in [0.25, 0.3) is 0 Å². The highest BCUT2D eigenvalue weighted by molar-refractivity contribution is 5.94. The molecule has 0 saturated heterocycles. The summed E-state index contributed by atoms with van der Waals surface area (Å²) in [6, 6.07) is 5.94. The summed E-state index contributed by atoms with van der Waals surface area (Å²) in [5.41, 5.74) is 3.84. The van der Waals surface area contributed by atoms with Gasteiger partial charge in [-0.2, -0.15) is 10.2 Å². The molecule has 4 bridgehead atoms. The monoisotopic (exact) mass is 328 g/mol. The van der Waals surface area contributed by atoms with Crippen LogP contribution in [-0.2, 0) is 16.0 Å². The minimum atomic E-state index is 0.510. The molecular weight excluding hydrogens is 308 g/mol. The Balaban J connectivity index is 1.74. The van der Waals surface area contributed by atoms with Crippen LogP contribution in [0.5, 0.6) is 5.75 Å². The summed E-state index contributed by atoms with van der Waals surface area (Å²) >= 11 is 0. The molecule has 3 heterocycles. The fourth-order valence-electron chi connectivity index (χ4n) is 2.85. The van der Waals surface area contributed by atoms with Crippen LogP contribution in [0.25, 0.3) is 22.2 Å². The van der Waals surface area contributed by atoms with Crippen LogP contribution in [-0.4, -0.2) is 53.0 Å². The van der Waals surface area contributed by atoms with E-state index in [0.29, 0.717) is 39.6 Å². The van der Waals surface area contributed by atoms with Gasteiger partial charge in [-0.3, -0.25) is 9.78 Å². The van der Waals surface area contributed by atoms with Crippen LogP contribution in [0.3, 0.4) is 0 Å². The summed E-state index contributed by atoms with van der Waals surface area (Å²) in [6.45, 7) is 5.49. The Kier molecular flexibility index (Phi) is 4.18. The Labute approximate surface area is 139 Å². The lowest BCUT2D eigenvalue weighted by atomic mass is 10.1. The molecule has 7 heteroatoms. The van der Waals surface area contributed by atoms with Gasteiger partial charge in [0.1, 0.15) is 18.1 Å². The van der Waals surface area contributed by atoms with E-state index in [9.17, 15) is 0 Å². The lowest BCUT2D eigenvalue weighted by Gasteiger charge is -2.08. The molecule has 2 aromatic heterocycles. The van der Waals surface area contributed by atoms with Crippen LogP contribution in [0.15, 0.2) is 24.4 Å². The summed E-state index contributed by atoms with van der Waals surface area (Å²) in [7, 11) is 0. The molecule has 1 aliphatic heterocycles. The first-order chi connectivity index (χ1) is 11.8. The molecule has 0 saturated carbocycles. The second-order valence-corrected chi connectivity index (χ2v) is 5.74. The van der Waals surface area contributed by atoms with E-state index in [1.165, 1.54) is 0 Å². The summed E-state index contributed by atoms with van der Waals surface area (Å²) in [4.78, 5) is 0. The molecule has 1 aliphatic rings. The molecular formula is C17H20N4O3. The van der Waals surface area contributed by atoms with Gasteiger partial charge in [-0.1, -0.05) is 0 Å². The molecule has 126 valence electrons. The van der Waals surface area contributed by atoms with Crippen LogP contribution in [0, 0.1) is 6.92 Å². The summed E-state index contributed by atoms with van der Waals surface area (Å²) in [6.07, 6.45) is 2.02. The zero-order valence-corrected chi connectivity index (χ0v) is 13.6. The molecule has 0 atom stereocenters. The summed E-state index contributed by atoms with van der Waals surface area (Å²) < 4.78 is 18.8. The Morgan fingerprint density at radius 3 is 2.83 bits per heavy atom. The molecule has 0 spiro atoms. The molecule has 1 N–H and O–H groups in total. The molecule has 0 fully saturated rings. The molecule has 24 heavy (non-hydrogen) atoms. The highest BCUT2D eigenvalue weighted by Gasteiger charge is 2.15. The van der Waals surface area contributed by atoms with E-state index in [-0.39, 0.29) is 0 Å². The highest BCUT2D eigenvalue weighted by Crippen LogP contribution is 2.30. The summed E-state index contributed by atoms with van der Waals surface area (Å²) in [5, 5.41) is 13.2. The van der Waals surface area contributed by atoms with E-state index < -0.39 is 0 Å². The SMILES string of the molecule is Cc1nn2cc1-c1n[nH]c3ccc(cc13)OCCOCCOCC2. The van der Waals surface area contributed by atoms with Crippen molar-refractivity contribution in [3.05, 3.63) is 30.1 Å². The third-order valence-corrected chi connectivity index (χ3v) is 4.07. The van der Waals surface area contributed by atoms with E-state index >= 15 is 0 Å². The molecule has 0 unspecified atom stereocenters. The topological polar surface area (TPSA) is 74.2 Å². The lowest BCUT2D eigenvalue weighted by molar-refractivity contribution is 0.0334. The Bertz CT molecular complexity index is 840. The van der Waals surface area contributed by atoms with Gasteiger partial charge >= 0.3 is 0 Å². The van der Waals surface area contributed by atoms with E-state index in [1.807, 2.05) is 36.0 Å². The first-order valence-electron chi connectivity index (χ1n) is 8.12. The number of aromatic nitrogens is 4. The molecule has 3 aromatic rings. The molecule has 0 aliphatic carbocycles. The van der Waals surface area contributed by atoms with Crippen LogP contribution in [0.2, 0.25) is 0 Å². The fourth-order valence-corrected chi connectivity index (χ4v) is 2.85. The van der Waals surface area contributed by atoms with Crippen LogP contribution in [0.1, 0.15) is 5.69 Å². The van der Waals surface area contributed by atoms with Crippen molar-refractivity contribution in [1.82, 2.24) is 20.0 Å². The lowest BCUT2D eigenvalue weighted by Crippen LogP contribution is -2.13. The van der Waals surface area contributed by atoms with Gasteiger partial charge in [0, 0.05) is 17.1 Å². The van der Waals surface area contributed by atoms with Crippen molar-refractivity contribution < 1.29 is 14.2 Å². The number of benzene rings is 1. The normalized spacial score (nSPS) is 16.4. The van der Waals surface area contributed by atoms with Crippen molar-refractivity contribution >= 4 is 10.9 Å². The van der Waals surface area contributed by atoms with Gasteiger partial charge in [0.2, 0.25) is 0 Å². The molecule has 0 amide bonds. The first-order valence-corrected chi connectivity index (χ1v) is 8.12. The van der Waals surface area contributed by atoms with Crippen molar-refractivity contribution in [3.8, 4) is 17.0 Å². The highest BCUT2D eigenvalue weighted by atomic mass is 16.5. The number of rotatable bonds is 0. The molecule has 1 aromatic carbocycles. The average molecular weight is 328 g/mol. The molecule has 0 radical (unpaired) electrons. The van der Waals surface area contributed by atoms with Crippen molar-refractivity contribution in [2.75, 3.05) is 33.0 Å². The number of nitrogens with zero attached hydrogens (tertiary/aromatic N) is 3. The standard InChI is InChI=1S/C17H20N4O3/c1-12-15-11-21(20-12)4-5-22-6-7-23-8-9-24-13-2-3-16-14(10-13)17(15)19-18-16/h2-3,10-11H,4-9H2,1H3,(H,18,19). The van der Waals surface area contributed by atoms with Crippen molar-refractivity contribution in [2.45, 2.75) is 13.5 Å². The second-order valence-electron chi connectivity index (χ2n) is 5.74. The predicted molar refractivity (Wildman–Crippen MR) is 89.2 cm³/mol. The number of aryl methyl sites for hydroxylation is 1. The number of aromatic amines is 1. The van der Waals surface area contributed by atoms with Gasteiger partial charge < -0.3 is 14.2 Å². The van der Waals surface area contributed by atoms with Gasteiger partial charge in [0.05, 0.1) is 44.2 Å². The summed E-state index contributed by atoms with van der Waals surface area (Å²) in [5.74, 6) is 0.808. The first kappa shape index (κ1) is 15.2. The van der Waals surface area contributed by atoms with Crippen LogP contribution in [0.4, 0.5) is 0 Å². The maximum Gasteiger partial charge on any atom is 0.120 e. The Morgan fingerprint density at radius 2 is 1.92 bits per heavy atom. The average Bonchev–Trinajstić information content (AvgIpc) is 3.15. The second kappa shape index (κ2) is 6.62. The number of fused-ring (bicyclic) bond motifs is 4. The minimum absolute atomic E-state index is 0.510. The quantitative estimate of drug-likeness (QED) is 0.684. The molecule has 4 rings (SSSR count). The largest absolute Gasteiger partial charge is 0.491 e. The minimum Gasteiger partial charge on any atom is -0.491 e. The number of ether oxygens (including phenoxy) is 3. The number of nitrogens with one attached hydrogen (secondary N) is 1. The van der Waals surface area contributed by atoms with Gasteiger partial charge in [-0.15, -0.1) is 0 Å². The zero-order chi connectivity index (χ0) is 16.4.